The van der Waals surface area contributed by atoms with Crippen LogP contribution in [0.2, 0.25) is 0 Å². The summed E-state index contributed by atoms with van der Waals surface area (Å²) in [6.07, 6.45) is -3.08. The number of hydrogen-bond donors (Lipinski definition) is 0. The van der Waals surface area contributed by atoms with Crippen LogP contribution >= 0.6 is 0 Å². The lowest BCUT2D eigenvalue weighted by molar-refractivity contribution is -0.154. The fourth-order valence-electron chi connectivity index (χ4n) is 2.68. The zero-order chi connectivity index (χ0) is 20.3. The molecule has 0 aromatic heterocycles. The zero-order valence-corrected chi connectivity index (χ0v) is 14.5. The minimum Gasteiger partial charge on any atom is -0.490 e. The summed E-state index contributed by atoms with van der Waals surface area (Å²) in [7, 11) is 0. The number of benzene rings is 3. The largest absolute Gasteiger partial charge is 0.490 e. The molecule has 0 N–H and O–H groups in total. The molecule has 0 aliphatic heterocycles. The van der Waals surface area contributed by atoms with E-state index in [0.29, 0.717) is 17.9 Å². The highest BCUT2D eigenvalue weighted by molar-refractivity contribution is 5.89. The van der Waals surface area contributed by atoms with Gasteiger partial charge >= 0.3 is 6.18 Å². The van der Waals surface area contributed by atoms with Crippen molar-refractivity contribution in [3.05, 3.63) is 72.8 Å². The van der Waals surface area contributed by atoms with E-state index in [1.54, 1.807) is 42.5 Å². The van der Waals surface area contributed by atoms with E-state index in [1.807, 2.05) is 0 Å². The van der Waals surface area contributed by atoms with Gasteiger partial charge in [0.15, 0.2) is 24.0 Å². The van der Waals surface area contributed by atoms with Gasteiger partial charge in [0.05, 0.1) is 0 Å². The molecule has 0 saturated carbocycles. The lowest BCUT2D eigenvalue weighted by Crippen LogP contribution is -2.20. The fraction of sp³-hybridized carbons (Fsp3) is 0.143. The molecule has 0 heterocycles. The Balaban J connectivity index is 1.92. The standard InChI is InChI=1S/C21H15F5O2/c1-2-9-27-16-6-3-13(4-7-16)14-5-8-17-15(10-14)11-18(22)20(19(17)23)28-12-21(24,25)26/h2-8,10-11H,1,9,12H2. The van der Waals surface area contributed by atoms with Gasteiger partial charge in [0, 0.05) is 5.39 Å². The SMILES string of the molecule is C=CCOc1ccc(-c2ccc3c(F)c(OCC(F)(F)F)c(F)cc3c2)cc1. The molecule has 28 heavy (non-hydrogen) atoms. The maximum Gasteiger partial charge on any atom is 0.422 e. The van der Waals surface area contributed by atoms with Crippen LogP contribution < -0.4 is 9.47 Å². The second kappa shape index (κ2) is 7.88. The third-order valence-electron chi connectivity index (χ3n) is 3.92. The Labute approximate surface area is 157 Å². The average molecular weight is 394 g/mol. The molecule has 3 rings (SSSR count). The van der Waals surface area contributed by atoms with Gasteiger partial charge in [-0.05, 0) is 40.8 Å². The lowest BCUT2D eigenvalue weighted by Gasteiger charge is -2.13. The molecule has 7 heteroatoms. The van der Waals surface area contributed by atoms with Crippen molar-refractivity contribution in [2.45, 2.75) is 6.18 Å². The van der Waals surface area contributed by atoms with Gasteiger partial charge in [-0.1, -0.05) is 36.9 Å². The molecule has 0 bridgehead atoms. The van der Waals surface area contributed by atoms with Crippen LogP contribution in [-0.2, 0) is 0 Å². The Bertz CT molecular complexity index is 994. The first kappa shape index (κ1) is 19.7. The van der Waals surface area contributed by atoms with E-state index in [1.165, 1.54) is 6.07 Å². The van der Waals surface area contributed by atoms with Gasteiger partial charge in [0.1, 0.15) is 12.4 Å². The average Bonchev–Trinajstić information content (AvgIpc) is 2.65. The topological polar surface area (TPSA) is 18.5 Å². The first-order valence-corrected chi connectivity index (χ1v) is 8.24. The predicted octanol–water partition coefficient (Wildman–Crippen LogP) is 6.29. The number of ether oxygens (including phenoxy) is 2. The number of fused-ring (bicyclic) bond motifs is 1. The summed E-state index contributed by atoms with van der Waals surface area (Å²) in [5.41, 5.74) is 1.47. The van der Waals surface area contributed by atoms with Crippen molar-refractivity contribution in [1.82, 2.24) is 0 Å². The molecule has 0 aliphatic rings. The van der Waals surface area contributed by atoms with Gasteiger partial charge in [0.25, 0.3) is 0 Å². The van der Waals surface area contributed by atoms with Crippen LogP contribution in [0.1, 0.15) is 0 Å². The van der Waals surface area contributed by atoms with E-state index in [2.05, 4.69) is 11.3 Å². The Morgan fingerprint density at radius 1 is 0.893 bits per heavy atom. The van der Waals surface area contributed by atoms with E-state index in [9.17, 15) is 22.0 Å². The summed E-state index contributed by atoms with van der Waals surface area (Å²) in [6, 6.07) is 12.5. The maximum absolute atomic E-state index is 14.5. The van der Waals surface area contributed by atoms with Gasteiger partial charge in [-0.25, -0.2) is 8.78 Å². The monoisotopic (exact) mass is 394 g/mol. The van der Waals surface area contributed by atoms with Gasteiger partial charge in [0.2, 0.25) is 0 Å². The summed E-state index contributed by atoms with van der Waals surface area (Å²) in [6.45, 7) is 2.16. The van der Waals surface area contributed by atoms with E-state index < -0.39 is 30.2 Å². The number of halogens is 5. The van der Waals surface area contributed by atoms with Crippen LogP contribution in [-0.4, -0.2) is 19.4 Å². The molecular weight excluding hydrogens is 379 g/mol. The first-order chi connectivity index (χ1) is 13.3. The van der Waals surface area contributed by atoms with E-state index in [0.717, 1.165) is 11.6 Å². The van der Waals surface area contributed by atoms with Crippen LogP contribution in [0.3, 0.4) is 0 Å². The van der Waals surface area contributed by atoms with Crippen molar-refractivity contribution in [3.8, 4) is 22.6 Å². The second-order valence-corrected chi connectivity index (χ2v) is 5.97. The quantitative estimate of drug-likeness (QED) is 0.361. The van der Waals surface area contributed by atoms with Crippen LogP contribution in [0, 0.1) is 11.6 Å². The molecular formula is C21H15F5O2. The third-order valence-corrected chi connectivity index (χ3v) is 3.92. The highest BCUT2D eigenvalue weighted by Crippen LogP contribution is 2.33. The molecule has 3 aromatic rings. The van der Waals surface area contributed by atoms with Gasteiger partial charge in [-0.2, -0.15) is 13.2 Å². The van der Waals surface area contributed by atoms with Crippen molar-refractivity contribution in [2.75, 3.05) is 13.2 Å². The maximum atomic E-state index is 14.5. The highest BCUT2D eigenvalue weighted by Gasteiger charge is 2.30. The van der Waals surface area contributed by atoms with Crippen molar-refractivity contribution in [2.24, 2.45) is 0 Å². The van der Waals surface area contributed by atoms with Gasteiger partial charge in [-0.3, -0.25) is 0 Å². The predicted molar refractivity (Wildman–Crippen MR) is 96.5 cm³/mol. The summed E-state index contributed by atoms with van der Waals surface area (Å²) in [5.74, 6) is -2.76. The van der Waals surface area contributed by atoms with Crippen molar-refractivity contribution >= 4 is 10.8 Å². The molecule has 0 saturated heterocycles. The number of hydrogen-bond acceptors (Lipinski definition) is 2. The fourth-order valence-corrected chi connectivity index (χ4v) is 2.68. The number of rotatable bonds is 6. The van der Waals surface area contributed by atoms with Gasteiger partial charge < -0.3 is 9.47 Å². The summed E-state index contributed by atoms with van der Waals surface area (Å²) < 4.78 is 75.1. The van der Waals surface area contributed by atoms with Crippen LogP contribution in [0.5, 0.6) is 11.5 Å². The summed E-state index contributed by atoms with van der Waals surface area (Å²) >= 11 is 0. The van der Waals surface area contributed by atoms with Crippen molar-refractivity contribution in [1.29, 1.82) is 0 Å². The molecule has 0 fully saturated rings. The van der Waals surface area contributed by atoms with E-state index in [4.69, 9.17) is 4.74 Å². The molecule has 0 spiro atoms. The highest BCUT2D eigenvalue weighted by atomic mass is 19.4. The van der Waals surface area contributed by atoms with Crippen molar-refractivity contribution < 1.29 is 31.4 Å². The summed E-state index contributed by atoms with van der Waals surface area (Å²) in [5, 5.41) is 0.173. The normalized spacial score (nSPS) is 11.5. The van der Waals surface area contributed by atoms with Crippen LogP contribution in [0.15, 0.2) is 61.2 Å². The Hall–Kier alpha value is -3.09. The Morgan fingerprint density at radius 3 is 2.21 bits per heavy atom. The van der Waals surface area contributed by atoms with Crippen LogP contribution in [0.25, 0.3) is 21.9 Å². The molecule has 146 valence electrons. The minimum absolute atomic E-state index is 0.0340. The second-order valence-electron chi connectivity index (χ2n) is 5.97. The molecule has 0 aliphatic carbocycles. The minimum atomic E-state index is -4.70. The van der Waals surface area contributed by atoms with Crippen LogP contribution in [0.4, 0.5) is 22.0 Å². The third kappa shape index (κ3) is 4.42. The van der Waals surface area contributed by atoms with E-state index in [-0.39, 0.29) is 10.8 Å². The van der Waals surface area contributed by atoms with Crippen molar-refractivity contribution in [3.63, 3.8) is 0 Å². The Kier molecular flexibility index (Phi) is 5.53. The molecule has 2 nitrogen and oxygen atoms in total. The molecule has 3 aromatic carbocycles. The summed E-state index contributed by atoms with van der Waals surface area (Å²) in [4.78, 5) is 0. The molecule has 0 unspecified atom stereocenters. The lowest BCUT2D eigenvalue weighted by atomic mass is 10.0. The zero-order valence-electron chi connectivity index (χ0n) is 14.5. The Morgan fingerprint density at radius 2 is 1.57 bits per heavy atom. The first-order valence-electron chi connectivity index (χ1n) is 8.24. The number of alkyl halides is 3. The molecule has 0 radical (unpaired) electrons. The smallest absolute Gasteiger partial charge is 0.422 e. The van der Waals surface area contributed by atoms with Gasteiger partial charge in [-0.15, -0.1) is 0 Å². The van der Waals surface area contributed by atoms with E-state index >= 15 is 0 Å². The molecule has 0 atom stereocenters. The molecule has 0 amide bonds.